The van der Waals surface area contributed by atoms with Crippen molar-refractivity contribution in [3.05, 3.63) is 106 Å². The van der Waals surface area contributed by atoms with E-state index in [-0.39, 0.29) is 17.9 Å². The highest BCUT2D eigenvalue weighted by molar-refractivity contribution is 5.92. The number of halogens is 3. The number of alkyl halides is 3. The van der Waals surface area contributed by atoms with Gasteiger partial charge in [0.1, 0.15) is 0 Å². The van der Waals surface area contributed by atoms with Gasteiger partial charge < -0.3 is 9.47 Å². The van der Waals surface area contributed by atoms with E-state index in [1.54, 1.807) is 13.3 Å². The second-order valence-electron chi connectivity index (χ2n) is 8.28. The maximum absolute atomic E-state index is 13.3. The predicted octanol–water partition coefficient (Wildman–Crippen LogP) is 3.94. The predicted molar refractivity (Wildman–Crippen MR) is 122 cm³/mol. The van der Waals surface area contributed by atoms with Crippen LogP contribution in [0.2, 0.25) is 0 Å². The fourth-order valence-corrected chi connectivity index (χ4v) is 4.21. The molecule has 0 spiro atoms. The summed E-state index contributed by atoms with van der Waals surface area (Å²) in [6.07, 6.45) is -2.29. The molecule has 4 aromatic rings. The van der Waals surface area contributed by atoms with Crippen LogP contribution in [0, 0.1) is 6.92 Å². The van der Waals surface area contributed by atoms with Gasteiger partial charge in [-0.25, -0.2) is 9.67 Å². The van der Waals surface area contributed by atoms with Gasteiger partial charge >= 0.3 is 6.18 Å². The molecule has 1 amide bonds. The van der Waals surface area contributed by atoms with E-state index in [9.17, 15) is 22.8 Å². The van der Waals surface area contributed by atoms with Crippen LogP contribution in [-0.2, 0) is 19.1 Å². The summed E-state index contributed by atoms with van der Waals surface area (Å²) in [7, 11) is 0. The van der Waals surface area contributed by atoms with Gasteiger partial charge in [-0.2, -0.15) is 18.3 Å². The molecule has 0 aliphatic carbocycles. The van der Waals surface area contributed by atoms with E-state index in [4.69, 9.17) is 0 Å². The molecule has 2 aromatic heterocycles. The summed E-state index contributed by atoms with van der Waals surface area (Å²) in [6.45, 7) is 2.10. The van der Waals surface area contributed by atoms with Gasteiger partial charge in [0.05, 0.1) is 29.8 Å². The Hall–Kier alpha value is -4.21. The van der Waals surface area contributed by atoms with Crippen molar-refractivity contribution in [3.8, 4) is 11.4 Å². The monoisotopic (exact) mass is 479 g/mol. The lowest BCUT2D eigenvalue weighted by Gasteiger charge is -2.27. The van der Waals surface area contributed by atoms with Crippen molar-refractivity contribution in [2.75, 3.05) is 6.54 Å². The molecule has 0 N–H and O–H groups in total. The summed E-state index contributed by atoms with van der Waals surface area (Å²) in [5.74, 6) is -0.587. The average Bonchev–Trinajstić information content (AvgIpc) is 3.27. The lowest BCUT2D eigenvalue weighted by atomic mass is 10.1. The molecule has 35 heavy (non-hydrogen) atoms. The number of hydrogen-bond acceptors (Lipinski definition) is 4. The molecule has 0 saturated heterocycles. The SMILES string of the molecule is Cc1cc(=O)c(C(=O)N2CCc3c(ncn3-c3ccccc3)C2)nn1-c1cccc(C(F)(F)F)c1. The topological polar surface area (TPSA) is 73.0 Å². The van der Waals surface area contributed by atoms with Gasteiger partial charge in [0.2, 0.25) is 5.43 Å². The van der Waals surface area contributed by atoms with Gasteiger partial charge in [0.15, 0.2) is 5.69 Å². The van der Waals surface area contributed by atoms with E-state index in [0.29, 0.717) is 18.7 Å². The van der Waals surface area contributed by atoms with Gasteiger partial charge in [-0.15, -0.1) is 0 Å². The number of amides is 1. The summed E-state index contributed by atoms with van der Waals surface area (Å²) in [4.78, 5) is 31.8. The van der Waals surface area contributed by atoms with E-state index in [2.05, 4.69) is 10.1 Å². The van der Waals surface area contributed by atoms with Crippen LogP contribution in [-0.4, -0.2) is 36.7 Å². The van der Waals surface area contributed by atoms with Gasteiger partial charge in [-0.1, -0.05) is 24.3 Å². The molecule has 0 atom stereocenters. The normalized spacial score (nSPS) is 13.5. The largest absolute Gasteiger partial charge is 0.416 e. The molecule has 0 radical (unpaired) electrons. The van der Waals surface area contributed by atoms with Crippen molar-refractivity contribution in [2.24, 2.45) is 0 Å². The van der Waals surface area contributed by atoms with Crippen LogP contribution in [0.25, 0.3) is 11.4 Å². The summed E-state index contributed by atoms with van der Waals surface area (Å²) in [5.41, 5.74) is 1.31. The molecular weight excluding hydrogens is 459 g/mol. The van der Waals surface area contributed by atoms with E-state index < -0.39 is 23.1 Å². The molecule has 0 bridgehead atoms. The maximum Gasteiger partial charge on any atom is 0.416 e. The number of hydrogen-bond donors (Lipinski definition) is 0. The lowest BCUT2D eigenvalue weighted by molar-refractivity contribution is -0.137. The van der Waals surface area contributed by atoms with Crippen LogP contribution in [0.1, 0.15) is 33.1 Å². The molecule has 1 aliphatic rings. The van der Waals surface area contributed by atoms with Crippen molar-refractivity contribution < 1.29 is 18.0 Å². The fraction of sp³-hybridized carbons (Fsp3) is 0.200. The first kappa shape index (κ1) is 22.6. The van der Waals surface area contributed by atoms with E-state index in [1.807, 2.05) is 34.9 Å². The minimum Gasteiger partial charge on any atom is -0.331 e. The quantitative estimate of drug-likeness (QED) is 0.446. The van der Waals surface area contributed by atoms with Gasteiger partial charge in [-0.05, 0) is 37.3 Å². The van der Waals surface area contributed by atoms with Crippen LogP contribution in [0.4, 0.5) is 13.2 Å². The molecule has 178 valence electrons. The van der Waals surface area contributed by atoms with Crippen LogP contribution < -0.4 is 5.43 Å². The second-order valence-corrected chi connectivity index (χ2v) is 8.28. The standard InChI is InChI=1S/C25H20F3N5O2/c1-16-12-22(34)23(30-33(16)19-9-5-6-17(13-19)25(26,27)28)24(35)31-11-10-21-20(14-31)29-15-32(21)18-7-3-2-4-8-18/h2-9,12-13,15H,10-11,14H2,1H3. The number of rotatable bonds is 3. The van der Waals surface area contributed by atoms with E-state index in [0.717, 1.165) is 29.2 Å². The maximum atomic E-state index is 13.3. The molecule has 10 heteroatoms. The molecular formula is C25H20F3N5O2. The zero-order valence-electron chi connectivity index (χ0n) is 18.7. The Balaban J connectivity index is 1.45. The van der Waals surface area contributed by atoms with Crippen LogP contribution in [0.3, 0.4) is 0 Å². The Morgan fingerprint density at radius 2 is 1.74 bits per heavy atom. The van der Waals surface area contributed by atoms with Crippen LogP contribution >= 0.6 is 0 Å². The van der Waals surface area contributed by atoms with Gasteiger partial charge in [0, 0.05) is 36.1 Å². The average molecular weight is 479 g/mol. The third-order valence-electron chi connectivity index (χ3n) is 5.96. The zero-order valence-corrected chi connectivity index (χ0v) is 18.7. The highest BCUT2D eigenvalue weighted by atomic mass is 19.4. The lowest BCUT2D eigenvalue weighted by Crippen LogP contribution is -2.40. The number of fused-ring (bicyclic) bond motifs is 1. The first-order valence-electron chi connectivity index (χ1n) is 10.9. The Bertz CT molecular complexity index is 1470. The molecule has 0 saturated carbocycles. The molecule has 3 heterocycles. The number of carbonyl (C=O) groups is 1. The summed E-state index contributed by atoms with van der Waals surface area (Å²) in [6, 6.07) is 15.5. The highest BCUT2D eigenvalue weighted by Gasteiger charge is 2.31. The third-order valence-corrected chi connectivity index (χ3v) is 5.96. The van der Waals surface area contributed by atoms with Crippen molar-refractivity contribution in [1.29, 1.82) is 0 Å². The first-order valence-corrected chi connectivity index (χ1v) is 10.9. The molecule has 0 unspecified atom stereocenters. The Kier molecular flexibility index (Phi) is 5.50. The number of aryl methyl sites for hydroxylation is 1. The molecule has 5 rings (SSSR count). The zero-order chi connectivity index (χ0) is 24.7. The number of imidazole rings is 1. The number of benzene rings is 2. The van der Waals surface area contributed by atoms with E-state index >= 15 is 0 Å². The van der Waals surface area contributed by atoms with Crippen LogP contribution in [0.5, 0.6) is 0 Å². The number of para-hydroxylation sites is 1. The smallest absolute Gasteiger partial charge is 0.331 e. The van der Waals surface area contributed by atoms with E-state index in [1.165, 1.54) is 27.8 Å². The number of aromatic nitrogens is 4. The first-order chi connectivity index (χ1) is 16.7. The molecule has 0 fully saturated rings. The van der Waals surface area contributed by atoms with Gasteiger partial charge in [-0.3, -0.25) is 9.59 Å². The highest BCUT2D eigenvalue weighted by Crippen LogP contribution is 2.30. The second kappa shape index (κ2) is 8.53. The van der Waals surface area contributed by atoms with Crippen molar-refractivity contribution in [3.63, 3.8) is 0 Å². The van der Waals surface area contributed by atoms with Gasteiger partial charge in [0.25, 0.3) is 5.91 Å². The molecule has 2 aromatic carbocycles. The summed E-state index contributed by atoms with van der Waals surface area (Å²) >= 11 is 0. The number of carbonyl (C=O) groups excluding carboxylic acids is 1. The molecule has 7 nitrogen and oxygen atoms in total. The summed E-state index contributed by atoms with van der Waals surface area (Å²) in [5, 5.41) is 4.17. The fourth-order valence-electron chi connectivity index (χ4n) is 4.21. The summed E-state index contributed by atoms with van der Waals surface area (Å²) < 4.78 is 42.7. The van der Waals surface area contributed by atoms with Crippen LogP contribution in [0.15, 0.2) is 71.8 Å². The van der Waals surface area contributed by atoms with Crippen molar-refractivity contribution in [1.82, 2.24) is 24.2 Å². The Morgan fingerprint density at radius 1 is 1.00 bits per heavy atom. The molecule has 1 aliphatic heterocycles. The number of nitrogens with zero attached hydrogens (tertiary/aromatic N) is 5. The Labute approximate surface area is 198 Å². The minimum absolute atomic E-state index is 0.105. The van der Waals surface area contributed by atoms with Crippen molar-refractivity contribution >= 4 is 5.91 Å². The minimum atomic E-state index is -4.53. The third kappa shape index (κ3) is 4.23. The Morgan fingerprint density at radius 3 is 2.49 bits per heavy atom. The van der Waals surface area contributed by atoms with Crippen molar-refractivity contribution in [2.45, 2.75) is 26.1 Å².